The van der Waals surface area contributed by atoms with Crippen molar-refractivity contribution >= 4 is 27.7 Å². The smallest absolute Gasteiger partial charge is 0.209 e. The molecule has 1 heterocycles. The second-order valence-electron chi connectivity index (χ2n) is 6.08. The van der Waals surface area contributed by atoms with Crippen LogP contribution in [-0.2, 0) is 20.2 Å². The zero-order chi connectivity index (χ0) is 19.1. The second kappa shape index (κ2) is 9.87. The summed E-state index contributed by atoms with van der Waals surface area (Å²) in [6.45, 7) is 4.25. The fourth-order valence-corrected chi connectivity index (χ4v) is 3.69. The van der Waals surface area contributed by atoms with Gasteiger partial charge in [0.25, 0.3) is 0 Å². The van der Waals surface area contributed by atoms with Gasteiger partial charge in [-0.3, -0.25) is 0 Å². The third kappa shape index (κ3) is 5.79. The topological polar surface area (TPSA) is 64.9 Å². The fraction of sp³-hybridized carbons (Fsp3) is 0.316. The molecule has 0 amide bonds. The molecule has 0 aliphatic rings. The number of halogens is 1. The van der Waals surface area contributed by atoms with Crippen LogP contribution in [0.3, 0.4) is 0 Å². The Kier molecular flexibility index (Phi) is 7.25. The average Bonchev–Trinajstić information content (AvgIpc) is 3.07. The van der Waals surface area contributed by atoms with E-state index in [1.54, 1.807) is 16.4 Å². The number of ether oxygens (including phenoxy) is 1. The Bertz CT molecular complexity index is 886. The maximum Gasteiger partial charge on any atom is 0.209 e. The van der Waals surface area contributed by atoms with Crippen LogP contribution < -0.4 is 10.1 Å². The van der Waals surface area contributed by atoms with Gasteiger partial charge in [0.2, 0.25) is 5.16 Å². The van der Waals surface area contributed by atoms with E-state index in [2.05, 4.69) is 61.9 Å². The first-order chi connectivity index (χ1) is 13.1. The number of rotatable bonds is 9. The molecule has 0 aliphatic carbocycles. The van der Waals surface area contributed by atoms with Gasteiger partial charge in [0.1, 0.15) is 12.4 Å². The summed E-state index contributed by atoms with van der Waals surface area (Å²) in [5.41, 5.74) is 3.57. The highest BCUT2D eigenvalue weighted by molar-refractivity contribution is 9.10. The molecular weight excluding hydrogens is 426 g/mol. The van der Waals surface area contributed by atoms with Crippen molar-refractivity contribution in [3.8, 4) is 5.75 Å². The highest BCUT2D eigenvalue weighted by Gasteiger charge is 2.07. The van der Waals surface area contributed by atoms with Crippen LogP contribution in [-0.4, -0.2) is 32.5 Å². The molecule has 6 nitrogen and oxygen atoms in total. The molecule has 8 heteroatoms. The SMILES string of the molecule is Cc1ccccc1COc1ccc(Br)cc1CNCCSc1nnnn1C. The van der Waals surface area contributed by atoms with Crippen molar-refractivity contribution in [2.75, 3.05) is 12.3 Å². The highest BCUT2D eigenvalue weighted by Crippen LogP contribution is 2.24. The summed E-state index contributed by atoms with van der Waals surface area (Å²) in [5, 5.41) is 15.7. The molecule has 0 unspecified atom stereocenters. The summed E-state index contributed by atoms with van der Waals surface area (Å²) < 4.78 is 8.82. The maximum atomic E-state index is 6.09. The molecule has 142 valence electrons. The lowest BCUT2D eigenvalue weighted by Gasteiger charge is -2.14. The summed E-state index contributed by atoms with van der Waals surface area (Å²) in [7, 11) is 1.84. The minimum atomic E-state index is 0.566. The first-order valence-electron chi connectivity index (χ1n) is 8.65. The molecule has 3 rings (SSSR count). The lowest BCUT2D eigenvalue weighted by Crippen LogP contribution is -2.17. The van der Waals surface area contributed by atoms with E-state index in [1.165, 1.54) is 11.1 Å². The van der Waals surface area contributed by atoms with E-state index in [1.807, 2.05) is 31.3 Å². The van der Waals surface area contributed by atoms with Gasteiger partial charge in [-0.05, 0) is 46.7 Å². The second-order valence-corrected chi connectivity index (χ2v) is 8.06. The van der Waals surface area contributed by atoms with E-state index in [-0.39, 0.29) is 0 Å². The van der Waals surface area contributed by atoms with Crippen molar-refractivity contribution in [2.24, 2.45) is 7.05 Å². The van der Waals surface area contributed by atoms with E-state index in [9.17, 15) is 0 Å². The number of thioether (sulfide) groups is 1. The number of benzene rings is 2. The maximum absolute atomic E-state index is 6.09. The van der Waals surface area contributed by atoms with Gasteiger partial charge in [-0.25, -0.2) is 4.68 Å². The molecule has 0 atom stereocenters. The first-order valence-corrected chi connectivity index (χ1v) is 10.4. The molecule has 0 saturated carbocycles. The van der Waals surface area contributed by atoms with Gasteiger partial charge in [0.05, 0.1) is 0 Å². The van der Waals surface area contributed by atoms with E-state index < -0.39 is 0 Å². The van der Waals surface area contributed by atoms with Crippen LogP contribution in [0.2, 0.25) is 0 Å². The highest BCUT2D eigenvalue weighted by atomic mass is 79.9. The van der Waals surface area contributed by atoms with Crippen molar-refractivity contribution in [1.29, 1.82) is 0 Å². The van der Waals surface area contributed by atoms with Crippen molar-refractivity contribution in [2.45, 2.75) is 25.2 Å². The Morgan fingerprint density at radius 1 is 1.19 bits per heavy atom. The fourth-order valence-electron chi connectivity index (χ4n) is 2.54. The van der Waals surface area contributed by atoms with Crippen molar-refractivity contribution < 1.29 is 4.74 Å². The zero-order valence-electron chi connectivity index (χ0n) is 15.4. The molecule has 27 heavy (non-hydrogen) atoms. The van der Waals surface area contributed by atoms with Crippen LogP contribution in [0.4, 0.5) is 0 Å². The van der Waals surface area contributed by atoms with E-state index in [0.29, 0.717) is 6.61 Å². The lowest BCUT2D eigenvalue weighted by atomic mass is 10.1. The van der Waals surface area contributed by atoms with Crippen LogP contribution in [0.15, 0.2) is 52.1 Å². The Morgan fingerprint density at radius 3 is 2.81 bits per heavy atom. The number of aromatic nitrogens is 4. The molecule has 0 saturated heterocycles. The quantitative estimate of drug-likeness (QED) is 0.398. The lowest BCUT2D eigenvalue weighted by molar-refractivity contribution is 0.301. The first kappa shape index (κ1) is 19.9. The summed E-state index contributed by atoms with van der Waals surface area (Å²) in [6.07, 6.45) is 0. The zero-order valence-corrected chi connectivity index (χ0v) is 17.8. The molecule has 1 N–H and O–H groups in total. The number of nitrogens with one attached hydrogen (secondary N) is 1. The standard InChI is InChI=1S/C19H22BrN5OS/c1-14-5-3-4-6-15(14)13-26-18-8-7-17(20)11-16(18)12-21-9-10-27-19-22-23-24-25(19)2/h3-8,11,21H,9-10,12-13H2,1-2H3. The predicted octanol–water partition coefficient (Wildman–Crippen LogP) is 3.74. The number of nitrogens with zero attached hydrogens (tertiary/aromatic N) is 4. The van der Waals surface area contributed by atoms with Crippen LogP contribution in [0.1, 0.15) is 16.7 Å². The molecule has 0 aliphatic heterocycles. The van der Waals surface area contributed by atoms with E-state index >= 15 is 0 Å². The van der Waals surface area contributed by atoms with Crippen molar-refractivity contribution in [1.82, 2.24) is 25.5 Å². The summed E-state index contributed by atoms with van der Waals surface area (Å²) in [6, 6.07) is 14.4. The minimum Gasteiger partial charge on any atom is -0.489 e. The van der Waals surface area contributed by atoms with Crippen LogP contribution >= 0.6 is 27.7 Å². The van der Waals surface area contributed by atoms with Crippen LogP contribution in [0.25, 0.3) is 0 Å². The van der Waals surface area contributed by atoms with Gasteiger partial charge in [-0.2, -0.15) is 0 Å². The Balaban J connectivity index is 1.52. The van der Waals surface area contributed by atoms with E-state index in [4.69, 9.17) is 4.74 Å². The van der Waals surface area contributed by atoms with Crippen LogP contribution in [0, 0.1) is 6.92 Å². The molecule has 0 fully saturated rings. The Hall–Kier alpha value is -1.90. The number of aryl methyl sites for hydroxylation is 2. The van der Waals surface area contributed by atoms with E-state index in [0.717, 1.165) is 39.8 Å². The summed E-state index contributed by atoms with van der Waals surface area (Å²) in [5.74, 6) is 1.79. The third-order valence-electron chi connectivity index (χ3n) is 4.07. The van der Waals surface area contributed by atoms with Gasteiger partial charge in [0.15, 0.2) is 0 Å². The Morgan fingerprint density at radius 2 is 2.04 bits per heavy atom. The van der Waals surface area contributed by atoms with Crippen molar-refractivity contribution in [3.05, 3.63) is 63.6 Å². The molecule has 0 bridgehead atoms. The monoisotopic (exact) mass is 447 g/mol. The average molecular weight is 448 g/mol. The molecule has 3 aromatic rings. The number of tetrazole rings is 1. The Labute approximate surface area is 171 Å². The van der Waals surface area contributed by atoms with Crippen LogP contribution in [0.5, 0.6) is 5.75 Å². The number of hydrogen-bond acceptors (Lipinski definition) is 6. The molecular formula is C19H22BrN5OS. The van der Waals surface area contributed by atoms with Crippen molar-refractivity contribution in [3.63, 3.8) is 0 Å². The summed E-state index contributed by atoms with van der Waals surface area (Å²) in [4.78, 5) is 0. The molecule has 0 spiro atoms. The molecule has 2 aromatic carbocycles. The van der Waals surface area contributed by atoms with Gasteiger partial charge < -0.3 is 10.1 Å². The predicted molar refractivity (Wildman–Crippen MR) is 111 cm³/mol. The normalized spacial score (nSPS) is 10.9. The minimum absolute atomic E-state index is 0.566. The van der Waals surface area contributed by atoms with Gasteiger partial charge in [-0.1, -0.05) is 52.0 Å². The third-order valence-corrected chi connectivity index (χ3v) is 5.58. The molecule has 0 radical (unpaired) electrons. The largest absolute Gasteiger partial charge is 0.489 e. The van der Waals surface area contributed by atoms with Gasteiger partial charge in [-0.15, -0.1) is 5.10 Å². The van der Waals surface area contributed by atoms with Gasteiger partial charge in [0, 0.05) is 35.9 Å². The summed E-state index contributed by atoms with van der Waals surface area (Å²) >= 11 is 5.18. The molecule has 1 aromatic heterocycles. The van der Waals surface area contributed by atoms with Gasteiger partial charge >= 0.3 is 0 Å². The number of hydrogen-bond donors (Lipinski definition) is 1.